The van der Waals surface area contributed by atoms with Crippen LogP contribution in [0.1, 0.15) is 43.4 Å². The number of fused-ring (bicyclic) bond motifs is 1. The Kier molecular flexibility index (Phi) is 8.67. The number of allylic oxidation sites excluding steroid dienone is 1. The van der Waals surface area contributed by atoms with Gasteiger partial charge in [-0.1, -0.05) is 41.1 Å². The lowest BCUT2D eigenvalue weighted by atomic mass is 9.96. The first-order valence-electron chi connectivity index (χ1n) is 13.3. The molecule has 0 N–H and O–H groups in total. The first-order valence-corrected chi connectivity index (χ1v) is 14.5. The van der Waals surface area contributed by atoms with Crippen molar-refractivity contribution in [3.63, 3.8) is 0 Å². The average molecular weight is 597 g/mol. The molecule has 0 radical (unpaired) electrons. The summed E-state index contributed by atoms with van der Waals surface area (Å²) in [5.41, 5.74) is 2.08. The Bertz CT molecular complexity index is 1690. The van der Waals surface area contributed by atoms with Crippen LogP contribution >= 0.6 is 22.9 Å². The molecule has 2 aromatic carbocycles. The third-order valence-electron chi connectivity index (χ3n) is 7.14. The molecule has 41 heavy (non-hydrogen) atoms. The van der Waals surface area contributed by atoms with Crippen LogP contribution in [-0.2, 0) is 14.3 Å². The van der Waals surface area contributed by atoms with E-state index in [0.717, 1.165) is 43.7 Å². The van der Waals surface area contributed by atoms with Crippen molar-refractivity contribution in [2.24, 2.45) is 4.99 Å². The van der Waals surface area contributed by atoms with Crippen LogP contribution < -0.4 is 19.8 Å². The highest BCUT2D eigenvalue weighted by atomic mass is 35.5. The molecule has 10 nitrogen and oxygen atoms in total. The Morgan fingerprint density at radius 1 is 1.17 bits per heavy atom. The summed E-state index contributed by atoms with van der Waals surface area (Å²) in [6, 6.07) is 11.1. The zero-order valence-electron chi connectivity index (χ0n) is 22.7. The molecule has 1 atom stereocenters. The third-order valence-corrected chi connectivity index (χ3v) is 8.37. The third kappa shape index (κ3) is 5.97. The van der Waals surface area contributed by atoms with E-state index in [1.807, 2.05) is 4.90 Å². The lowest BCUT2D eigenvalue weighted by molar-refractivity contribution is -0.384. The van der Waals surface area contributed by atoms with Crippen molar-refractivity contribution in [3.8, 4) is 0 Å². The molecule has 2 aliphatic heterocycles. The molecule has 0 saturated carbocycles. The number of hydrogen-bond donors (Lipinski definition) is 0. The van der Waals surface area contributed by atoms with E-state index in [1.165, 1.54) is 17.7 Å². The molecule has 0 spiro atoms. The van der Waals surface area contributed by atoms with Crippen LogP contribution in [0.4, 0.5) is 11.4 Å². The summed E-state index contributed by atoms with van der Waals surface area (Å²) in [5, 5.41) is 12.5. The molecule has 1 unspecified atom stereocenters. The van der Waals surface area contributed by atoms with Gasteiger partial charge in [-0.3, -0.25) is 19.5 Å². The van der Waals surface area contributed by atoms with E-state index in [-0.39, 0.29) is 35.0 Å². The van der Waals surface area contributed by atoms with E-state index < -0.39 is 12.0 Å². The van der Waals surface area contributed by atoms with Gasteiger partial charge in [-0.25, -0.2) is 9.79 Å². The van der Waals surface area contributed by atoms with Crippen LogP contribution in [0.25, 0.3) is 6.08 Å². The predicted molar refractivity (Wildman–Crippen MR) is 157 cm³/mol. The van der Waals surface area contributed by atoms with Gasteiger partial charge in [-0.05, 0) is 61.6 Å². The summed E-state index contributed by atoms with van der Waals surface area (Å²) < 4.78 is 12.2. The average Bonchev–Trinajstić information content (AvgIpc) is 3.27. The maximum atomic E-state index is 13.9. The fourth-order valence-electron chi connectivity index (χ4n) is 5.17. The predicted octanol–water partition coefficient (Wildman–Crippen LogP) is 3.98. The highest BCUT2D eigenvalue weighted by Crippen LogP contribution is 2.33. The van der Waals surface area contributed by atoms with Crippen molar-refractivity contribution >= 4 is 46.4 Å². The summed E-state index contributed by atoms with van der Waals surface area (Å²) in [6.07, 6.45) is 4.74. The number of nitrogens with zero attached hydrogens (tertiary/aromatic N) is 4. The number of hydrogen-bond acceptors (Lipinski definition) is 9. The Hall–Kier alpha value is -3.80. The molecule has 1 saturated heterocycles. The van der Waals surface area contributed by atoms with Crippen molar-refractivity contribution in [3.05, 3.63) is 99.7 Å². The highest BCUT2D eigenvalue weighted by Gasteiger charge is 2.33. The number of halogens is 1. The number of benzene rings is 2. The summed E-state index contributed by atoms with van der Waals surface area (Å²) in [6.45, 7) is 3.54. The fourth-order valence-corrected chi connectivity index (χ4v) is 6.34. The Morgan fingerprint density at radius 3 is 2.59 bits per heavy atom. The first-order chi connectivity index (χ1) is 19.8. The maximum Gasteiger partial charge on any atom is 0.338 e. The van der Waals surface area contributed by atoms with E-state index in [4.69, 9.17) is 21.1 Å². The van der Waals surface area contributed by atoms with Crippen LogP contribution in [0, 0.1) is 10.1 Å². The zero-order valence-corrected chi connectivity index (χ0v) is 24.2. The van der Waals surface area contributed by atoms with Crippen molar-refractivity contribution in [2.75, 3.05) is 38.3 Å². The number of aromatic nitrogens is 1. The lowest BCUT2D eigenvalue weighted by Gasteiger charge is -2.28. The van der Waals surface area contributed by atoms with Gasteiger partial charge in [0.15, 0.2) is 4.80 Å². The van der Waals surface area contributed by atoms with Gasteiger partial charge in [0.1, 0.15) is 12.3 Å². The van der Waals surface area contributed by atoms with Gasteiger partial charge in [0.25, 0.3) is 11.2 Å². The van der Waals surface area contributed by atoms with E-state index in [1.54, 1.807) is 49.4 Å². The molecule has 1 aromatic heterocycles. The Morgan fingerprint density at radius 2 is 1.90 bits per heavy atom. The second-order valence-corrected chi connectivity index (χ2v) is 11.3. The Labute approximate surface area is 244 Å². The number of ether oxygens (including phenoxy) is 2. The molecule has 0 amide bonds. The number of esters is 1. The number of thiazole rings is 1. The van der Waals surface area contributed by atoms with Gasteiger partial charge in [-0.15, -0.1) is 0 Å². The second-order valence-electron chi connectivity index (χ2n) is 9.82. The van der Waals surface area contributed by atoms with E-state index in [9.17, 15) is 19.7 Å². The fraction of sp³-hybridized carbons (Fsp3) is 0.345. The summed E-state index contributed by atoms with van der Waals surface area (Å²) in [7, 11) is 1.51. The number of carbonyl (C=O) groups excluding carboxylic acids is 1. The van der Waals surface area contributed by atoms with Crippen LogP contribution in [0.2, 0.25) is 5.02 Å². The minimum atomic E-state index is -0.795. The largest absolute Gasteiger partial charge is 0.460 e. The van der Waals surface area contributed by atoms with Gasteiger partial charge in [0.2, 0.25) is 0 Å². The van der Waals surface area contributed by atoms with Crippen LogP contribution in [0.15, 0.2) is 63.5 Å². The van der Waals surface area contributed by atoms with Crippen molar-refractivity contribution in [1.29, 1.82) is 0 Å². The molecule has 214 valence electrons. The minimum Gasteiger partial charge on any atom is -0.460 e. The number of nitro benzene ring substituents is 1. The zero-order chi connectivity index (χ0) is 29.1. The van der Waals surface area contributed by atoms with Gasteiger partial charge in [0.05, 0.1) is 33.4 Å². The molecular weight excluding hydrogens is 568 g/mol. The topological polar surface area (TPSA) is 116 Å². The van der Waals surface area contributed by atoms with E-state index >= 15 is 0 Å². The second kappa shape index (κ2) is 12.4. The van der Waals surface area contributed by atoms with Gasteiger partial charge in [0, 0.05) is 31.3 Å². The maximum absolute atomic E-state index is 13.9. The van der Waals surface area contributed by atoms with Crippen LogP contribution in [0.3, 0.4) is 0 Å². The monoisotopic (exact) mass is 596 g/mol. The number of nitro groups is 1. The molecule has 1 fully saturated rings. The van der Waals surface area contributed by atoms with Crippen LogP contribution in [0.5, 0.6) is 0 Å². The van der Waals surface area contributed by atoms with Crippen molar-refractivity contribution in [1.82, 2.24) is 4.57 Å². The summed E-state index contributed by atoms with van der Waals surface area (Å²) in [5.74, 6) is -0.596. The quantitative estimate of drug-likeness (QED) is 0.167. The molecule has 12 heteroatoms. The van der Waals surface area contributed by atoms with Crippen molar-refractivity contribution in [2.45, 2.75) is 32.2 Å². The standard InChI is InChI=1S/C29H29ClN4O6S/c1-18-25(28(36)40-15-14-39-2)26(20-7-9-21(30)10-8-20)33-27(35)24(41-29(33)31-18)17-19-6-11-22(23(16-19)34(37)38)32-12-4-3-5-13-32/h6-11,16-17,26H,3-5,12-15H2,1-2H3. The summed E-state index contributed by atoms with van der Waals surface area (Å²) in [4.78, 5) is 45.7. The SMILES string of the molecule is COCCOC(=O)C1=C(C)N=c2sc(=Cc3ccc(N4CCCCC4)c([N+](=O)[O-])c3)c(=O)n2C1c1ccc(Cl)cc1. The smallest absolute Gasteiger partial charge is 0.338 e. The molecule has 0 bridgehead atoms. The van der Waals surface area contributed by atoms with Gasteiger partial charge in [-0.2, -0.15) is 0 Å². The molecule has 3 heterocycles. The number of methoxy groups -OCH3 is 1. The molecule has 2 aliphatic rings. The minimum absolute atomic E-state index is 0.00408. The number of carbonyl (C=O) groups is 1. The van der Waals surface area contributed by atoms with Gasteiger partial charge < -0.3 is 14.4 Å². The van der Waals surface area contributed by atoms with E-state index in [2.05, 4.69) is 4.99 Å². The van der Waals surface area contributed by atoms with Crippen molar-refractivity contribution < 1.29 is 19.2 Å². The molecule has 5 rings (SSSR count). The number of rotatable bonds is 8. The number of anilines is 1. The first kappa shape index (κ1) is 28.7. The normalized spacial score (nSPS) is 17.3. The number of piperidine rings is 1. The summed E-state index contributed by atoms with van der Waals surface area (Å²) >= 11 is 7.29. The van der Waals surface area contributed by atoms with Gasteiger partial charge >= 0.3 is 5.97 Å². The van der Waals surface area contributed by atoms with E-state index in [0.29, 0.717) is 36.9 Å². The molecule has 3 aromatic rings. The van der Waals surface area contributed by atoms with Crippen LogP contribution in [-0.4, -0.2) is 48.9 Å². The molecular formula is C29H29ClN4O6S. The molecule has 0 aliphatic carbocycles. The highest BCUT2D eigenvalue weighted by molar-refractivity contribution is 7.07. The Balaban J connectivity index is 1.60. The lowest BCUT2D eigenvalue weighted by Crippen LogP contribution is -2.40.